The van der Waals surface area contributed by atoms with Crippen LogP contribution in [0, 0.1) is 6.92 Å². The molecule has 0 fully saturated rings. The number of H-pyrrole nitrogens is 1. The summed E-state index contributed by atoms with van der Waals surface area (Å²) in [5, 5.41) is 4.56. The van der Waals surface area contributed by atoms with Crippen LogP contribution in [0.15, 0.2) is 24.3 Å². The smallest absolute Gasteiger partial charge is 0.317 e. The average Bonchev–Trinajstić information content (AvgIpc) is 2.94. The molecule has 0 radical (unpaired) electrons. The Morgan fingerprint density at radius 1 is 1.35 bits per heavy atom. The van der Waals surface area contributed by atoms with Crippen LogP contribution in [-0.4, -0.2) is 59.6 Å². The van der Waals surface area contributed by atoms with Gasteiger partial charge in [0, 0.05) is 42.3 Å². The first kappa shape index (κ1) is 17.2. The van der Waals surface area contributed by atoms with Crippen molar-refractivity contribution in [2.75, 3.05) is 26.7 Å². The van der Waals surface area contributed by atoms with Crippen molar-refractivity contribution < 1.29 is 4.79 Å². The van der Waals surface area contributed by atoms with Gasteiger partial charge in [0.15, 0.2) is 0 Å². The summed E-state index contributed by atoms with van der Waals surface area (Å²) in [7, 11) is 2.17. The molecule has 1 aromatic heterocycles. The Morgan fingerprint density at radius 2 is 2.12 bits per heavy atom. The molecule has 2 aliphatic rings. The second-order valence-corrected chi connectivity index (χ2v) is 7.47. The van der Waals surface area contributed by atoms with Crippen molar-refractivity contribution in [3.8, 4) is 0 Å². The van der Waals surface area contributed by atoms with E-state index in [-0.39, 0.29) is 12.1 Å². The molecule has 5 heteroatoms. The highest BCUT2D eigenvalue weighted by Gasteiger charge is 2.35. The van der Waals surface area contributed by atoms with Crippen LogP contribution in [0.3, 0.4) is 0 Å². The second kappa shape index (κ2) is 6.47. The molecule has 1 aromatic carbocycles. The molecule has 0 spiro atoms. The number of likely N-dealkylation sites (N-methyl/N-ethyl adjacent to an activating group) is 1. The molecule has 0 bridgehead atoms. The summed E-state index contributed by atoms with van der Waals surface area (Å²) in [5.41, 5.74) is 6.59. The molecule has 0 saturated carbocycles. The van der Waals surface area contributed by atoms with Gasteiger partial charge < -0.3 is 15.2 Å². The van der Waals surface area contributed by atoms with Crippen LogP contribution in [0.2, 0.25) is 0 Å². The maximum Gasteiger partial charge on any atom is 0.317 e. The van der Waals surface area contributed by atoms with Gasteiger partial charge in [0.05, 0.1) is 6.04 Å². The Balaban J connectivity index is 1.72. The largest absolute Gasteiger partial charge is 0.358 e. The Kier molecular flexibility index (Phi) is 4.27. The van der Waals surface area contributed by atoms with Crippen LogP contribution >= 0.6 is 0 Å². The predicted molar refractivity (Wildman–Crippen MR) is 106 cm³/mol. The number of benzene rings is 1. The summed E-state index contributed by atoms with van der Waals surface area (Å²) < 4.78 is 0. The topological polar surface area (TPSA) is 51.4 Å². The van der Waals surface area contributed by atoms with Crippen LogP contribution in [0.1, 0.15) is 30.7 Å². The Labute approximate surface area is 155 Å². The molecular formula is C21H28N4O. The Morgan fingerprint density at radius 3 is 2.85 bits per heavy atom. The number of aromatic nitrogens is 1. The Hall–Kier alpha value is -2.27. The van der Waals surface area contributed by atoms with Crippen molar-refractivity contribution >= 4 is 22.5 Å². The normalized spacial score (nSPS) is 22.1. The number of rotatable bonds is 3. The molecule has 2 heterocycles. The van der Waals surface area contributed by atoms with Crippen LogP contribution in [-0.2, 0) is 6.42 Å². The molecule has 2 N–H and O–H groups in total. The minimum Gasteiger partial charge on any atom is -0.358 e. The summed E-state index contributed by atoms with van der Waals surface area (Å²) in [6.45, 7) is 8.51. The predicted octanol–water partition coefficient (Wildman–Crippen LogP) is 3.15. The third-order valence-electron chi connectivity index (χ3n) is 5.97. The second-order valence-electron chi connectivity index (χ2n) is 7.47. The SMILES string of the molecule is CCN(CC)C(=O)N[C@H]1C=C2c3cccc4[nH]c(C)c(c34)C[C@H]2N(C)C1. The van der Waals surface area contributed by atoms with Crippen LogP contribution in [0.4, 0.5) is 4.79 Å². The van der Waals surface area contributed by atoms with Gasteiger partial charge in [-0.25, -0.2) is 4.79 Å². The summed E-state index contributed by atoms with van der Waals surface area (Å²) >= 11 is 0. The monoisotopic (exact) mass is 352 g/mol. The van der Waals surface area contributed by atoms with E-state index in [0.717, 1.165) is 26.1 Å². The standard InChI is InChI=1S/C21H28N4O/c1-5-25(6-2)21(26)23-14-10-17-15-8-7-9-18-20(15)16(13(3)22-18)11-19(17)24(4)12-14/h7-10,14,19,22H,5-6,11-12H2,1-4H3,(H,23,26)/t14-,19+/m0/s1. The summed E-state index contributed by atoms with van der Waals surface area (Å²) in [6.07, 6.45) is 3.31. The zero-order chi connectivity index (χ0) is 18.4. The van der Waals surface area contributed by atoms with Gasteiger partial charge in [-0.3, -0.25) is 4.90 Å². The molecule has 138 valence electrons. The highest BCUT2D eigenvalue weighted by atomic mass is 16.2. The number of aromatic amines is 1. The lowest BCUT2D eigenvalue weighted by molar-refractivity contribution is 0.193. The first-order valence-electron chi connectivity index (χ1n) is 9.61. The zero-order valence-electron chi connectivity index (χ0n) is 16.1. The number of fused-ring (bicyclic) bond motifs is 2. The number of aryl methyl sites for hydroxylation is 1. The van der Waals surface area contributed by atoms with E-state index in [1.165, 1.54) is 33.3 Å². The number of amides is 2. The van der Waals surface area contributed by atoms with Gasteiger partial charge >= 0.3 is 6.03 Å². The molecule has 0 unspecified atom stereocenters. The van der Waals surface area contributed by atoms with Crippen molar-refractivity contribution in [3.05, 3.63) is 41.1 Å². The number of carbonyl (C=O) groups is 1. The fraction of sp³-hybridized carbons (Fsp3) is 0.476. The van der Waals surface area contributed by atoms with Crippen molar-refractivity contribution in [1.82, 2.24) is 20.1 Å². The molecule has 2 aromatic rings. The van der Waals surface area contributed by atoms with E-state index in [0.29, 0.717) is 6.04 Å². The van der Waals surface area contributed by atoms with Gasteiger partial charge in [0.1, 0.15) is 0 Å². The Bertz CT molecular complexity index is 878. The van der Waals surface area contributed by atoms with Gasteiger partial charge in [0.25, 0.3) is 0 Å². The number of nitrogens with zero attached hydrogens (tertiary/aromatic N) is 2. The number of hydrogen-bond donors (Lipinski definition) is 2. The van der Waals surface area contributed by atoms with Gasteiger partial charge in [-0.2, -0.15) is 0 Å². The van der Waals surface area contributed by atoms with Crippen molar-refractivity contribution in [3.63, 3.8) is 0 Å². The van der Waals surface area contributed by atoms with Crippen LogP contribution in [0.25, 0.3) is 16.5 Å². The number of carbonyl (C=O) groups excluding carboxylic acids is 1. The minimum atomic E-state index is 0.0240. The number of hydrogen-bond acceptors (Lipinski definition) is 2. The minimum absolute atomic E-state index is 0.0240. The molecule has 1 aliphatic heterocycles. The molecule has 26 heavy (non-hydrogen) atoms. The lowest BCUT2D eigenvalue weighted by atomic mass is 9.80. The molecule has 5 nitrogen and oxygen atoms in total. The number of urea groups is 1. The molecule has 2 atom stereocenters. The number of nitrogens with one attached hydrogen (secondary N) is 2. The molecule has 4 rings (SSSR count). The first-order valence-corrected chi connectivity index (χ1v) is 9.61. The summed E-state index contributed by atoms with van der Waals surface area (Å²) in [4.78, 5) is 20.2. The molecule has 1 aliphatic carbocycles. The van der Waals surface area contributed by atoms with Gasteiger partial charge in [0.2, 0.25) is 0 Å². The van der Waals surface area contributed by atoms with E-state index >= 15 is 0 Å². The quantitative estimate of drug-likeness (QED) is 0.892. The van der Waals surface area contributed by atoms with Crippen LogP contribution < -0.4 is 5.32 Å². The van der Waals surface area contributed by atoms with Gasteiger partial charge in [-0.15, -0.1) is 0 Å². The molecule has 0 saturated heterocycles. The van der Waals surface area contributed by atoms with E-state index in [1.54, 1.807) is 0 Å². The van der Waals surface area contributed by atoms with E-state index in [2.05, 4.69) is 53.4 Å². The van der Waals surface area contributed by atoms with Crippen LogP contribution in [0.5, 0.6) is 0 Å². The van der Waals surface area contributed by atoms with E-state index in [4.69, 9.17) is 0 Å². The third-order valence-corrected chi connectivity index (χ3v) is 5.97. The third kappa shape index (κ3) is 2.62. The average molecular weight is 352 g/mol. The maximum atomic E-state index is 12.5. The maximum absolute atomic E-state index is 12.5. The highest BCUT2D eigenvalue weighted by molar-refractivity contribution is 5.99. The van der Waals surface area contributed by atoms with Gasteiger partial charge in [-0.05, 0) is 57.0 Å². The van der Waals surface area contributed by atoms with E-state index in [1.807, 2.05) is 18.7 Å². The van der Waals surface area contributed by atoms with E-state index < -0.39 is 0 Å². The molecular weight excluding hydrogens is 324 g/mol. The fourth-order valence-corrected chi connectivity index (χ4v) is 4.57. The highest BCUT2D eigenvalue weighted by Crippen LogP contribution is 2.41. The van der Waals surface area contributed by atoms with Crippen molar-refractivity contribution in [1.29, 1.82) is 0 Å². The van der Waals surface area contributed by atoms with Gasteiger partial charge in [-0.1, -0.05) is 18.2 Å². The zero-order valence-corrected chi connectivity index (χ0v) is 16.1. The summed E-state index contributed by atoms with van der Waals surface area (Å²) in [6, 6.07) is 6.94. The first-order chi connectivity index (χ1) is 12.5. The van der Waals surface area contributed by atoms with E-state index in [9.17, 15) is 4.79 Å². The summed E-state index contributed by atoms with van der Waals surface area (Å²) in [5.74, 6) is 0. The fourth-order valence-electron chi connectivity index (χ4n) is 4.57. The molecule has 2 amide bonds. The van der Waals surface area contributed by atoms with Crippen molar-refractivity contribution in [2.24, 2.45) is 0 Å². The lowest BCUT2D eigenvalue weighted by Gasteiger charge is -2.40. The van der Waals surface area contributed by atoms with Crippen molar-refractivity contribution in [2.45, 2.75) is 39.3 Å². The lowest BCUT2D eigenvalue weighted by Crippen LogP contribution is -2.52.